The van der Waals surface area contributed by atoms with Gasteiger partial charge in [-0.2, -0.15) is 5.10 Å². The molecule has 0 aliphatic heterocycles. The Morgan fingerprint density at radius 2 is 2.08 bits per heavy atom. The van der Waals surface area contributed by atoms with Gasteiger partial charge >= 0.3 is 0 Å². The lowest BCUT2D eigenvalue weighted by Crippen LogP contribution is -2.27. The van der Waals surface area contributed by atoms with Gasteiger partial charge in [-0.3, -0.25) is 4.79 Å². The predicted molar refractivity (Wildman–Crippen MR) is 93.5 cm³/mol. The SMILES string of the molecule is Cn1cccc1-c1cc(C(=O)NC2CC2)n(-c2cccc(Cl)c2)n1. The largest absolute Gasteiger partial charge is 0.349 e. The smallest absolute Gasteiger partial charge is 0.270 e. The molecule has 4 rings (SSSR count). The molecule has 1 aromatic carbocycles. The highest BCUT2D eigenvalue weighted by molar-refractivity contribution is 6.30. The van der Waals surface area contributed by atoms with Crippen molar-refractivity contribution >= 4 is 17.5 Å². The summed E-state index contributed by atoms with van der Waals surface area (Å²) in [6.07, 6.45) is 4.04. The summed E-state index contributed by atoms with van der Waals surface area (Å²) < 4.78 is 3.64. The van der Waals surface area contributed by atoms with E-state index in [0.29, 0.717) is 16.8 Å². The molecule has 5 nitrogen and oxygen atoms in total. The number of hydrogen-bond acceptors (Lipinski definition) is 2. The molecule has 2 aromatic heterocycles. The summed E-state index contributed by atoms with van der Waals surface area (Å²) in [4.78, 5) is 12.6. The number of aromatic nitrogens is 3. The van der Waals surface area contributed by atoms with Gasteiger partial charge in [0.1, 0.15) is 11.4 Å². The van der Waals surface area contributed by atoms with Crippen molar-refractivity contribution in [2.24, 2.45) is 7.05 Å². The van der Waals surface area contributed by atoms with Crippen LogP contribution in [0.5, 0.6) is 0 Å². The molecule has 0 bridgehead atoms. The Kier molecular flexibility index (Phi) is 3.65. The third-order valence-corrected chi connectivity index (χ3v) is 4.35. The van der Waals surface area contributed by atoms with E-state index >= 15 is 0 Å². The van der Waals surface area contributed by atoms with E-state index < -0.39 is 0 Å². The molecule has 1 N–H and O–H groups in total. The minimum Gasteiger partial charge on any atom is -0.349 e. The van der Waals surface area contributed by atoms with Crippen molar-refractivity contribution in [3.8, 4) is 17.1 Å². The molecular weight excluding hydrogens is 324 g/mol. The topological polar surface area (TPSA) is 51.9 Å². The first-order chi connectivity index (χ1) is 11.6. The molecule has 1 fully saturated rings. The first kappa shape index (κ1) is 15.0. The number of rotatable bonds is 4. The van der Waals surface area contributed by atoms with Crippen LogP contribution < -0.4 is 5.32 Å². The summed E-state index contributed by atoms with van der Waals surface area (Å²) in [7, 11) is 1.96. The second kappa shape index (κ2) is 5.83. The molecule has 0 unspecified atom stereocenters. The summed E-state index contributed by atoms with van der Waals surface area (Å²) in [6.45, 7) is 0. The number of halogens is 1. The zero-order valence-electron chi connectivity index (χ0n) is 13.2. The molecule has 122 valence electrons. The molecule has 0 saturated heterocycles. The Bertz CT molecular complexity index is 907. The summed E-state index contributed by atoms with van der Waals surface area (Å²) in [5.74, 6) is -0.106. The number of nitrogens with zero attached hydrogens (tertiary/aromatic N) is 3. The standard InChI is InChI=1S/C18H17ClN4O/c1-22-9-3-6-16(22)15-11-17(18(24)20-13-7-8-13)23(21-15)14-5-2-4-12(19)10-14/h2-6,9-11,13H,7-8H2,1H3,(H,20,24). The lowest BCUT2D eigenvalue weighted by atomic mass is 10.2. The predicted octanol–water partition coefficient (Wildman–Crippen LogP) is 3.42. The average Bonchev–Trinajstić information content (AvgIpc) is 3.09. The van der Waals surface area contributed by atoms with Gasteiger partial charge in [-0.15, -0.1) is 0 Å². The minimum absolute atomic E-state index is 0.106. The van der Waals surface area contributed by atoms with E-state index in [1.807, 2.05) is 48.1 Å². The molecule has 1 aliphatic rings. The molecule has 0 radical (unpaired) electrons. The van der Waals surface area contributed by atoms with Gasteiger partial charge in [-0.1, -0.05) is 17.7 Å². The fourth-order valence-electron chi connectivity index (χ4n) is 2.69. The lowest BCUT2D eigenvalue weighted by molar-refractivity contribution is 0.0943. The third kappa shape index (κ3) is 2.83. The van der Waals surface area contributed by atoms with E-state index in [0.717, 1.165) is 29.9 Å². The fourth-order valence-corrected chi connectivity index (χ4v) is 2.87. The maximum atomic E-state index is 12.6. The van der Waals surface area contributed by atoms with Crippen LogP contribution in [0.2, 0.25) is 5.02 Å². The fraction of sp³-hybridized carbons (Fsp3) is 0.222. The number of benzene rings is 1. The van der Waals surface area contributed by atoms with Crippen LogP contribution in [0.1, 0.15) is 23.3 Å². The Morgan fingerprint density at radius 1 is 1.25 bits per heavy atom. The molecule has 1 aliphatic carbocycles. The number of hydrogen-bond donors (Lipinski definition) is 1. The Labute approximate surface area is 144 Å². The Hall–Kier alpha value is -2.53. The normalized spacial score (nSPS) is 13.9. The number of carbonyl (C=O) groups excluding carboxylic acids is 1. The van der Waals surface area contributed by atoms with Crippen molar-refractivity contribution in [3.05, 3.63) is 59.4 Å². The van der Waals surface area contributed by atoms with Crippen LogP contribution in [0.15, 0.2) is 48.7 Å². The summed E-state index contributed by atoms with van der Waals surface area (Å²) in [6, 6.07) is 13.4. The van der Waals surface area contributed by atoms with E-state index in [1.54, 1.807) is 16.8 Å². The maximum absolute atomic E-state index is 12.6. The summed E-state index contributed by atoms with van der Waals surface area (Å²) in [5, 5.41) is 8.29. The quantitative estimate of drug-likeness (QED) is 0.791. The van der Waals surface area contributed by atoms with Gasteiger partial charge < -0.3 is 9.88 Å². The Morgan fingerprint density at radius 3 is 2.75 bits per heavy atom. The van der Waals surface area contributed by atoms with Gasteiger partial charge in [0.2, 0.25) is 0 Å². The van der Waals surface area contributed by atoms with Crippen LogP contribution in [-0.2, 0) is 7.05 Å². The molecule has 2 heterocycles. The molecule has 24 heavy (non-hydrogen) atoms. The van der Waals surface area contributed by atoms with Gasteiger partial charge in [-0.25, -0.2) is 4.68 Å². The number of aryl methyl sites for hydroxylation is 1. The highest BCUT2D eigenvalue weighted by Gasteiger charge is 2.26. The number of amides is 1. The highest BCUT2D eigenvalue weighted by atomic mass is 35.5. The second-order valence-electron chi connectivity index (χ2n) is 6.06. The lowest BCUT2D eigenvalue weighted by Gasteiger charge is -2.08. The van der Waals surface area contributed by atoms with Gasteiger partial charge in [0.15, 0.2) is 0 Å². The van der Waals surface area contributed by atoms with Crippen LogP contribution in [0.3, 0.4) is 0 Å². The van der Waals surface area contributed by atoms with Gasteiger partial charge in [0.25, 0.3) is 5.91 Å². The van der Waals surface area contributed by atoms with E-state index in [2.05, 4.69) is 10.4 Å². The molecule has 3 aromatic rings. The van der Waals surface area contributed by atoms with E-state index in [9.17, 15) is 4.79 Å². The van der Waals surface area contributed by atoms with Crippen molar-refractivity contribution < 1.29 is 4.79 Å². The van der Waals surface area contributed by atoms with Gasteiger partial charge in [-0.05, 0) is 49.2 Å². The first-order valence-electron chi connectivity index (χ1n) is 7.90. The van der Waals surface area contributed by atoms with E-state index in [4.69, 9.17) is 11.6 Å². The van der Waals surface area contributed by atoms with Crippen molar-refractivity contribution in [1.29, 1.82) is 0 Å². The van der Waals surface area contributed by atoms with Crippen LogP contribution in [0, 0.1) is 0 Å². The van der Waals surface area contributed by atoms with Crippen molar-refractivity contribution in [1.82, 2.24) is 19.7 Å². The maximum Gasteiger partial charge on any atom is 0.270 e. The summed E-state index contributed by atoms with van der Waals surface area (Å²) in [5.41, 5.74) is 2.99. The zero-order valence-corrected chi connectivity index (χ0v) is 14.0. The molecule has 1 saturated carbocycles. The van der Waals surface area contributed by atoms with Crippen LogP contribution in [-0.4, -0.2) is 26.3 Å². The van der Waals surface area contributed by atoms with Crippen molar-refractivity contribution in [2.75, 3.05) is 0 Å². The molecule has 1 amide bonds. The minimum atomic E-state index is -0.106. The van der Waals surface area contributed by atoms with E-state index in [-0.39, 0.29) is 5.91 Å². The molecule has 0 atom stereocenters. The second-order valence-corrected chi connectivity index (χ2v) is 6.49. The third-order valence-electron chi connectivity index (χ3n) is 4.11. The number of nitrogens with one attached hydrogen (secondary N) is 1. The molecule has 6 heteroatoms. The van der Waals surface area contributed by atoms with Crippen LogP contribution in [0.25, 0.3) is 17.1 Å². The van der Waals surface area contributed by atoms with Crippen molar-refractivity contribution in [3.63, 3.8) is 0 Å². The molecule has 0 spiro atoms. The van der Waals surface area contributed by atoms with Crippen LogP contribution >= 0.6 is 11.6 Å². The van der Waals surface area contributed by atoms with Crippen molar-refractivity contribution in [2.45, 2.75) is 18.9 Å². The van der Waals surface area contributed by atoms with E-state index in [1.165, 1.54) is 0 Å². The zero-order chi connectivity index (χ0) is 16.7. The number of carbonyl (C=O) groups is 1. The first-order valence-corrected chi connectivity index (χ1v) is 8.28. The average molecular weight is 341 g/mol. The van der Waals surface area contributed by atoms with Crippen LogP contribution in [0.4, 0.5) is 0 Å². The monoisotopic (exact) mass is 340 g/mol. The van der Waals surface area contributed by atoms with Gasteiger partial charge in [0.05, 0.1) is 11.4 Å². The molecular formula is C18H17ClN4O. The summed E-state index contributed by atoms with van der Waals surface area (Å²) >= 11 is 6.11. The Balaban J connectivity index is 1.81. The highest BCUT2D eigenvalue weighted by Crippen LogP contribution is 2.25. The van der Waals surface area contributed by atoms with Gasteiger partial charge in [0, 0.05) is 24.3 Å².